The Hall–Kier alpha value is -1.40. The number of carbonyl (C=O) groups is 1. The molecule has 2 rings (SSSR count). The average Bonchev–Trinajstić information content (AvgIpc) is 2.46. The van der Waals surface area contributed by atoms with Crippen molar-refractivity contribution < 1.29 is 13.2 Å². The summed E-state index contributed by atoms with van der Waals surface area (Å²) in [6, 6.07) is 6.29. The zero-order chi connectivity index (χ0) is 15.6. The maximum atomic E-state index is 12.4. The highest BCUT2D eigenvalue weighted by atomic mass is 32.2. The van der Waals surface area contributed by atoms with Crippen molar-refractivity contribution in [1.29, 1.82) is 0 Å². The minimum atomic E-state index is -3.23. The topological polar surface area (TPSA) is 80.5 Å². The van der Waals surface area contributed by atoms with Gasteiger partial charge in [-0.3, -0.25) is 4.79 Å². The number of nitrogens with zero attached hydrogens (tertiary/aromatic N) is 1. The van der Waals surface area contributed by atoms with E-state index in [0.717, 1.165) is 19.1 Å². The van der Waals surface area contributed by atoms with E-state index in [1.807, 2.05) is 11.8 Å². The molecule has 0 aromatic heterocycles. The highest BCUT2D eigenvalue weighted by Gasteiger charge is 2.25. The van der Waals surface area contributed by atoms with Crippen molar-refractivity contribution in [3.63, 3.8) is 0 Å². The van der Waals surface area contributed by atoms with Crippen molar-refractivity contribution in [3.05, 3.63) is 29.8 Å². The van der Waals surface area contributed by atoms with Crippen molar-refractivity contribution in [1.82, 2.24) is 4.90 Å². The number of sulfone groups is 1. The summed E-state index contributed by atoms with van der Waals surface area (Å²) in [4.78, 5) is 14.4. The van der Waals surface area contributed by atoms with Gasteiger partial charge in [0, 0.05) is 31.0 Å². The normalized spacial score (nSPS) is 18.5. The lowest BCUT2D eigenvalue weighted by atomic mass is 9.90. The lowest BCUT2D eigenvalue weighted by Crippen LogP contribution is -2.42. The van der Waals surface area contributed by atoms with E-state index in [-0.39, 0.29) is 16.8 Å². The predicted octanol–water partition coefficient (Wildman–Crippen LogP) is 1.29. The largest absolute Gasteiger partial charge is 0.339 e. The molecule has 6 heteroatoms. The Morgan fingerprint density at radius 3 is 2.19 bits per heavy atom. The van der Waals surface area contributed by atoms with Crippen molar-refractivity contribution in [3.8, 4) is 0 Å². The average molecular weight is 310 g/mol. The van der Waals surface area contributed by atoms with Crippen LogP contribution in [0.4, 0.5) is 0 Å². The molecule has 1 fully saturated rings. The van der Waals surface area contributed by atoms with Gasteiger partial charge in [0.1, 0.15) is 0 Å². The molecule has 1 aliphatic rings. The second kappa shape index (κ2) is 6.15. The van der Waals surface area contributed by atoms with Crippen LogP contribution >= 0.6 is 0 Å². The first-order valence-corrected chi connectivity index (χ1v) is 9.03. The highest BCUT2D eigenvalue weighted by molar-refractivity contribution is 7.90. The molecule has 21 heavy (non-hydrogen) atoms. The van der Waals surface area contributed by atoms with Crippen LogP contribution in [-0.4, -0.2) is 44.6 Å². The van der Waals surface area contributed by atoms with E-state index in [1.54, 1.807) is 12.1 Å². The fraction of sp³-hybridized carbons (Fsp3) is 0.533. The Morgan fingerprint density at radius 2 is 1.76 bits per heavy atom. The number of nitrogens with two attached hydrogens (primary N) is 1. The van der Waals surface area contributed by atoms with E-state index in [2.05, 4.69) is 0 Å². The van der Waals surface area contributed by atoms with Crippen molar-refractivity contribution in [2.75, 3.05) is 19.3 Å². The summed E-state index contributed by atoms with van der Waals surface area (Å²) < 4.78 is 22.8. The van der Waals surface area contributed by atoms with Crippen LogP contribution in [0.2, 0.25) is 0 Å². The first kappa shape index (κ1) is 16.0. The van der Waals surface area contributed by atoms with Gasteiger partial charge in [-0.05, 0) is 49.9 Å². The molecule has 1 atom stereocenters. The molecule has 1 aromatic carbocycles. The summed E-state index contributed by atoms with van der Waals surface area (Å²) in [7, 11) is -3.23. The lowest BCUT2D eigenvalue weighted by molar-refractivity contribution is 0.0681. The number of amides is 1. The predicted molar refractivity (Wildman–Crippen MR) is 81.8 cm³/mol. The van der Waals surface area contributed by atoms with Gasteiger partial charge in [-0.2, -0.15) is 0 Å². The van der Waals surface area contributed by atoms with Gasteiger partial charge in [0.2, 0.25) is 0 Å². The van der Waals surface area contributed by atoms with Gasteiger partial charge >= 0.3 is 0 Å². The second-order valence-electron chi connectivity index (χ2n) is 5.79. The molecular formula is C15H22N2O3S. The Bertz CT molecular complexity index is 600. The summed E-state index contributed by atoms with van der Waals surface area (Å²) >= 11 is 0. The van der Waals surface area contributed by atoms with Gasteiger partial charge in [-0.1, -0.05) is 0 Å². The number of benzene rings is 1. The van der Waals surface area contributed by atoms with Gasteiger partial charge in [-0.25, -0.2) is 8.42 Å². The van der Waals surface area contributed by atoms with Crippen LogP contribution in [0, 0.1) is 5.92 Å². The first-order valence-electron chi connectivity index (χ1n) is 7.14. The minimum Gasteiger partial charge on any atom is -0.339 e. The van der Waals surface area contributed by atoms with Gasteiger partial charge in [0.15, 0.2) is 9.84 Å². The number of rotatable bonds is 3. The summed E-state index contributed by atoms with van der Waals surface area (Å²) in [5, 5.41) is 0. The smallest absolute Gasteiger partial charge is 0.253 e. The molecule has 5 nitrogen and oxygen atoms in total. The molecule has 0 saturated carbocycles. The third-order valence-corrected chi connectivity index (χ3v) is 5.23. The molecule has 1 heterocycles. The number of piperidine rings is 1. The van der Waals surface area contributed by atoms with E-state index in [0.29, 0.717) is 24.6 Å². The standard InChI is InChI=1S/C15H22N2O3S/c1-11(16)12-7-9-17(10-8-12)15(18)13-3-5-14(6-4-13)21(2,19)20/h3-6,11-12H,7-10,16H2,1-2H3. The molecule has 116 valence electrons. The maximum absolute atomic E-state index is 12.4. The number of carbonyl (C=O) groups excluding carboxylic acids is 1. The molecule has 0 radical (unpaired) electrons. The van der Waals surface area contributed by atoms with Crippen LogP contribution < -0.4 is 5.73 Å². The van der Waals surface area contributed by atoms with E-state index in [4.69, 9.17) is 5.73 Å². The molecule has 0 spiro atoms. The quantitative estimate of drug-likeness (QED) is 0.912. The number of likely N-dealkylation sites (tertiary alicyclic amines) is 1. The number of hydrogen-bond donors (Lipinski definition) is 1. The minimum absolute atomic E-state index is 0.0434. The van der Waals surface area contributed by atoms with E-state index in [9.17, 15) is 13.2 Å². The fourth-order valence-corrected chi connectivity index (χ4v) is 3.29. The number of hydrogen-bond acceptors (Lipinski definition) is 4. The van der Waals surface area contributed by atoms with Crippen LogP contribution in [0.15, 0.2) is 29.2 Å². The zero-order valence-electron chi connectivity index (χ0n) is 12.5. The molecule has 1 aliphatic heterocycles. The Labute approximate surface area is 126 Å². The molecule has 0 bridgehead atoms. The van der Waals surface area contributed by atoms with Crippen molar-refractivity contribution >= 4 is 15.7 Å². The summed E-state index contributed by atoms with van der Waals surface area (Å²) in [6.45, 7) is 3.42. The SMILES string of the molecule is CC(N)C1CCN(C(=O)c2ccc(S(C)(=O)=O)cc2)CC1. The van der Waals surface area contributed by atoms with Crippen molar-refractivity contribution in [2.24, 2.45) is 11.7 Å². The fourth-order valence-electron chi connectivity index (χ4n) is 2.66. The highest BCUT2D eigenvalue weighted by Crippen LogP contribution is 2.21. The molecule has 2 N–H and O–H groups in total. The summed E-state index contributed by atoms with van der Waals surface area (Å²) in [5.41, 5.74) is 6.43. The van der Waals surface area contributed by atoms with Crippen LogP contribution in [0.25, 0.3) is 0 Å². The summed E-state index contributed by atoms with van der Waals surface area (Å²) in [5.74, 6) is 0.430. The van der Waals surface area contributed by atoms with Gasteiger partial charge in [0.05, 0.1) is 4.90 Å². The van der Waals surface area contributed by atoms with Crippen LogP contribution in [-0.2, 0) is 9.84 Å². The van der Waals surface area contributed by atoms with Gasteiger partial charge in [-0.15, -0.1) is 0 Å². The van der Waals surface area contributed by atoms with Gasteiger partial charge in [0.25, 0.3) is 5.91 Å². The lowest BCUT2D eigenvalue weighted by Gasteiger charge is -2.33. The molecule has 1 saturated heterocycles. The van der Waals surface area contributed by atoms with Crippen LogP contribution in [0.1, 0.15) is 30.1 Å². The Morgan fingerprint density at radius 1 is 1.24 bits per heavy atom. The molecule has 1 unspecified atom stereocenters. The third-order valence-electron chi connectivity index (χ3n) is 4.10. The van der Waals surface area contributed by atoms with Crippen LogP contribution in [0.3, 0.4) is 0 Å². The second-order valence-corrected chi connectivity index (χ2v) is 7.80. The van der Waals surface area contributed by atoms with Crippen LogP contribution in [0.5, 0.6) is 0 Å². The third kappa shape index (κ3) is 3.83. The first-order chi connectivity index (χ1) is 9.79. The molecular weight excluding hydrogens is 288 g/mol. The molecule has 1 aromatic rings. The van der Waals surface area contributed by atoms with E-state index in [1.165, 1.54) is 12.1 Å². The van der Waals surface area contributed by atoms with Crippen molar-refractivity contribution in [2.45, 2.75) is 30.7 Å². The monoisotopic (exact) mass is 310 g/mol. The van der Waals surface area contributed by atoms with E-state index < -0.39 is 9.84 Å². The maximum Gasteiger partial charge on any atom is 0.253 e. The van der Waals surface area contributed by atoms with Gasteiger partial charge < -0.3 is 10.6 Å². The summed E-state index contributed by atoms with van der Waals surface area (Å²) in [6.07, 6.45) is 3.00. The molecule has 1 amide bonds. The molecule has 0 aliphatic carbocycles. The Kier molecular flexibility index (Phi) is 4.68. The van der Waals surface area contributed by atoms with E-state index >= 15 is 0 Å². The zero-order valence-corrected chi connectivity index (χ0v) is 13.3. The Balaban J connectivity index is 2.04.